The number of pyridine rings is 1. The minimum atomic E-state index is -3.54. The molecule has 2 saturated heterocycles. The first-order valence-electron chi connectivity index (χ1n) is 7.73. The Labute approximate surface area is 135 Å². The summed E-state index contributed by atoms with van der Waals surface area (Å²) < 4.78 is 33.3. The highest BCUT2D eigenvalue weighted by atomic mass is 32.2. The highest BCUT2D eigenvalue weighted by Crippen LogP contribution is 2.36. The van der Waals surface area contributed by atoms with Gasteiger partial charge in [-0.15, -0.1) is 0 Å². The van der Waals surface area contributed by atoms with Crippen LogP contribution in [-0.2, 0) is 10.0 Å². The zero-order valence-electron chi connectivity index (χ0n) is 12.9. The Bertz CT molecular complexity index is 836. The third kappa shape index (κ3) is 2.31. The van der Waals surface area contributed by atoms with Crippen LogP contribution in [0.4, 0.5) is 0 Å². The van der Waals surface area contributed by atoms with Crippen molar-refractivity contribution in [2.45, 2.75) is 4.90 Å². The molecular formula is C16H19N3O3S. The molecule has 1 aromatic carbocycles. The average Bonchev–Trinajstić information content (AvgIpc) is 3.15. The molecule has 0 amide bonds. The second-order valence-corrected chi connectivity index (χ2v) is 8.10. The van der Waals surface area contributed by atoms with Crippen molar-refractivity contribution in [1.29, 1.82) is 0 Å². The molecule has 0 saturated carbocycles. The van der Waals surface area contributed by atoms with Crippen molar-refractivity contribution in [3.8, 4) is 5.75 Å². The Hall–Kier alpha value is -1.70. The maximum atomic E-state index is 13.2. The van der Waals surface area contributed by atoms with Crippen molar-refractivity contribution in [2.24, 2.45) is 11.8 Å². The topological polar surface area (TPSA) is 71.5 Å². The molecule has 23 heavy (non-hydrogen) atoms. The third-order valence-corrected chi connectivity index (χ3v) is 6.78. The number of aromatic nitrogens is 1. The van der Waals surface area contributed by atoms with Crippen LogP contribution in [0.3, 0.4) is 0 Å². The van der Waals surface area contributed by atoms with Gasteiger partial charge in [-0.05, 0) is 31.0 Å². The fourth-order valence-corrected chi connectivity index (χ4v) is 5.47. The van der Waals surface area contributed by atoms with Gasteiger partial charge in [-0.1, -0.05) is 12.1 Å². The van der Waals surface area contributed by atoms with Gasteiger partial charge in [0.05, 0.1) is 18.2 Å². The molecule has 0 bridgehead atoms. The van der Waals surface area contributed by atoms with E-state index in [-0.39, 0.29) is 0 Å². The summed E-state index contributed by atoms with van der Waals surface area (Å²) in [5.41, 5.74) is 0. The predicted molar refractivity (Wildman–Crippen MR) is 86.9 cm³/mol. The molecule has 2 aliphatic rings. The predicted octanol–water partition coefficient (Wildman–Crippen LogP) is 1.08. The van der Waals surface area contributed by atoms with Gasteiger partial charge in [0.2, 0.25) is 10.0 Å². The maximum absolute atomic E-state index is 13.2. The molecule has 0 spiro atoms. The molecule has 2 fully saturated rings. The Balaban J connectivity index is 1.82. The molecule has 7 heteroatoms. The van der Waals surface area contributed by atoms with Crippen molar-refractivity contribution in [1.82, 2.24) is 14.6 Å². The van der Waals surface area contributed by atoms with Crippen LogP contribution in [0.2, 0.25) is 0 Å². The standard InChI is InChI=1S/C16H19N3O3S/c1-22-14-8-18-5-11-3-2-4-15(16(11)14)23(20,21)19-9-12-6-17-7-13(12)10-19/h2-5,8,12-13,17H,6-7,9-10H2,1H3/t12-,13+. The lowest BCUT2D eigenvalue weighted by Crippen LogP contribution is -2.32. The van der Waals surface area contributed by atoms with E-state index in [0.717, 1.165) is 18.5 Å². The van der Waals surface area contributed by atoms with Crippen LogP contribution in [0.1, 0.15) is 0 Å². The number of rotatable bonds is 3. The molecule has 1 aromatic heterocycles. The van der Waals surface area contributed by atoms with Crippen molar-refractivity contribution in [3.05, 3.63) is 30.6 Å². The lowest BCUT2D eigenvalue weighted by Gasteiger charge is -2.19. The molecule has 6 nitrogen and oxygen atoms in total. The number of methoxy groups -OCH3 is 1. The van der Waals surface area contributed by atoms with Gasteiger partial charge >= 0.3 is 0 Å². The van der Waals surface area contributed by atoms with Gasteiger partial charge in [-0.2, -0.15) is 4.31 Å². The smallest absolute Gasteiger partial charge is 0.243 e. The molecule has 0 aliphatic carbocycles. The second kappa shape index (κ2) is 5.43. The van der Waals surface area contributed by atoms with E-state index in [0.29, 0.717) is 41.0 Å². The van der Waals surface area contributed by atoms with Crippen molar-refractivity contribution >= 4 is 20.8 Å². The summed E-state index contributed by atoms with van der Waals surface area (Å²) in [6.45, 7) is 2.98. The van der Waals surface area contributed by atoms with E-state index in [9.17, 15) is 8.42 Å². The van der Waals surface area contributed by atoms with Gasteiger partial charge in [0.25, 0.3) is 0 Å². The van der Waals surface area contributed by atoms with Crippen LogP contribution in [0.25, 0.3) is 10.8 Å². The van der Waals surface area contributed by atoms with Gasteiger partial charge in [-0.3, -0.25) is 4.98 Å². The molecule has 2 aromatic rings. The van der Waals surface area contributed by atoms with E-state index in [4.69, 9.17) is 4.74 Å². The highest BCUT2D eigenvalue weighted by molar-refractivity contribution is 7.89. The molecule has 0 radical (unpaired) electrons. The van der Waals surface area contributed by atoms with Crippen LogP contribution >= 0.6 is 0 Å². The van der Waals surface area contributed by atoms with E-state index < -0.39 is 10.0 Å². The Kier molecular flexibility index (Phi) is 3.51. The van der Waals surface area contributed by atoms with Crippen molar-refractivity contribution in [2.75, 3.05) is 33.3 Å². The molecule has 2 atom stereocenters. The minimum Gasteiger partial charge on any atom is -0.494 e. The van der Waals surface area contributed by atoms with Crippen LogP contribution in [0.5, 0.6) is 5.75 Å². The monoisotopic (exact) mass is 333 g/mol. The van der Waals surface area contributed by atoms with Crippen LogP contribution < -0.4 is 10.1 Å². The Morgan fingerprint density at radius 2 is 1.96 bits per heavy atom. The van der Waals surface area contributed by atoms with Crippen LogP contribution in [-0.4, -0.2) is 51.0 Å². The number of ether oxygens (including phenoxy) is 1. The molecule has 3 heterocycles. The fourth-order valence-electron chi connectivity index (χ4n) is 3.69. The van der Waals surface area contributed by atoms with Gasteiger partial charge in [0, 0.05) is 30.1 Å². The summed E-state index contributed by atoms with van der Waals surface area (Å²) >= 11 is 0. The number of hydrogen-bond donors (Lipinski definition) is 1. The molecule has 2 aliphatic heterocycles. The summed E-state index contributed by atoms with van der Waals surface area (Å²) in [6.07, 6.45) is 3.23. The Morgan fingerprint density at radius 3 is 2.65 bits per heavy atom. The number of sulfonamides is 1. The SMILES string of the molecule is COc1cncc2cccc(S(=O)(=O)N3C[C@H]4CNC[C@H]4C3)c12. The van der Waals surface area contributed by atoms with Gasteiger partial charge in [0.1, 0.15) is 5.75 Å². The number of hydrogen-bond acceptors (Lipinski definition) is 5. The first-order chi connectivity index (χ1) is 11.1. The first kappa shape index (κ1) is 14.9. The van der Waals surface area contributed by atoms with Crippen molar-refractivity contribution in [3.63, 3.8) is 0 Å². The highest BCUT2D eigenvalue weighted by Gasteiger charge is 2.42. The van der Waals surface area contributed by atoms with E-state index >= 15 is 0 Å². The van der Waals surface area contributed by atoms with Gasteiger partial charge in [-0.25, -0.2) is 8.42 Å². The molecule has 122 valence electrons. The maximum Gasteiger partial charge on any atom is 0.243 e. The lowest BCUT2D eigenvalue weighted by molar-refractivity contribution is 0.416. The normalized spacial score (nSPS) is 24.9. The summed E-state index contributed by atoms with van der Waals surface area (Å²) in [6, 6.07) is 5.27. The van der Waals surface area contributed by atoms with E-state index in [2.05, 4.69) is 10.3 Å². The van der Waals surface area contributed by atoms with Crippen molar-refractivity contribution < 1.29 is 13.2 Å². The van der Waals surface area contributed by atoms with Crippen LogP contribution in [0, 0.1) is 11.8 Å². The fraction of sp³-hybridized carbons (Fsp3) is 0.438. The van der Waals surface area contributed by atoms with Gasteiger partial charge < -0.3 is 10.1 Å². The summed E-state index contributed by atoms with van der Waals surface area (Å²) in [4.78, 5) is 4.42. The third-order valence-electron chi connectivity index (χ3n) is 4.90. The number of benzene rings is 1. The molecule has 4 rings (SSSR count). The Morgan fingerprint density at radius 1 is 1.22 bits per heavy atom. The quantitative estimate of drug-likeness (QED) is 0.910. The summed E-state index contributed by atoms with van der Waals surface area (Å²) in [5.74, 6) is 1.33. The molecule has 0 unspecified atom stereocenters. The van der Waals surface area contributed by atoms with Gasteiger partial charge in [0.15, 0.2) is 0 Å². The summed E-state index contributed by atoms with van der Waals surface area (Å²) in [5, 5.41) is 4.72. The van der Waals surface area contributed by atoms with Crippen LogP contribution in [0.15, 0.2) is 35.5 Å². The zero-order valence-corrected chi connectivity index (χ0v) is 13.7. The number of nitrogens with zero attached hydrogens (tertiary/aromatic N) is 2. The second-order valence-electron chi connectivity index (χ2n) is 6.20. The average molecular weight is 333 g/mol. The molecular weight excluding hydrogens is 314 g/mol. The zero-order chi connectivity index (χ0) is 16.0. The lowest BCUT2D eigenvalue weighted by atomic mass is 10.0. The first-order valence-corrected chi connectivity index (χ1v) is 9.17. The minimum absolute atomic E-state index is 0.308. The molecule has 1 N–H and O–H groups in total. The number of fused-ring (bicyclic) bond motifs is 2. The summed E-state index contributed by atoms with van der Waals surface area (Å²) in [7, 11) is -2.01. The largest absolute Gasteiger partial charge is 0.494 e. The number of nitrogens with one attached hydrogen (secondary N) is 1. The van der Waals surface area contributed by atoms with E-state index in [1.807, 2.05) is 6.07 Å². The van der Waals surface area contributed by atoms with E-state index in [1.54, 1.807) is 28.8 Å². The van der Waals surface area contributed by atoms with E-state index in [1.165, 1.54) is 7.11 Å².